The van der Waals surface area contributed by atoms with Crippen LogP contribution < -0.4 is 5.32 Å². The Bertz CT molecular complexity index is 1440. The fourth-order valence-electron chi connectivity index (χ4n) is 5.56. The summed E-state index contributed by atoms with van der Waals surface area (Å²) < 4.78 is 36.8. The number of hydrogen-bond donors (Lipinski definition) is 1. The zero-order chi connectivity index (χ0) is 27.8. The number of hydrogen-bond acceptors (Lipinski definition) is 7. The minimum atomic E-state index is -3.71. The van der Waals surface area contributed by atoms with Crippen molar-refractivity contribution in [3.63, 3.8) is 0 Å². The van der Waals surface area contributed by atoms with E-state index in [9.17, 15) is 13.2 Å². The first kappa shape index (κ1) is 28.4. The van der Waals surface area contributed by atoms with Crippen LogP contribution in [-0.2, 0) is 19.6 Å². The van der Waals surface area contributed by atoms with Crippen molar-refractivity contribution in [3.05, 3.63) is 53.1 Å². The molecule has 3 heterocycles. The molecule has 1 unspecified atom stereocenters. The highest BCUT2D eigenvalue weighted by atomic mass is 35.5. The summed E-state index contributed by atoms with van der Waals surface area (Å²) in [4.78, 5) is 19.8. The molecule has 2 atom stereocenters. The minimum absolute atomic E-state index is 0.158. The Balaban J connectivity index is 1.30. The monoisotopic (exact) mass is 590 g/mol. The maximum atomic E-state index is 13.9. The predicted molar refractivity (Wildman–Crippen MR) is 156 cm³/mol. The van der Waals surface area contributed by atoms with E-state index in [1.807, 2.05) is 31.2 Å². The summed E-state index contributed by atoms with van der Waals surface area (Å²) >= 11 is 7.46. The van der Waals surface area contributed by atoms with Crippen LogP contribution in [0, 0.1) is 12.8 Å². The zero-order valence-corrected chi connectivity index (χ0v) is 24.9. The van der Waals surface area contributed by atoms with Crippen LogP contribution in [0.1, 0.15) is 38.7 Å². The highest BCUT2D eigenvalue weighted by Gasteiger charge is 2.47. The highest BCUT2D eigenvalue weighted by Crippen LogP contribution is 2.36. The van der Waals surface area contributed by atoms with Gasteiger partial charge in [-0.2, -0.15) is 4.31 Å². The quantitative estimate of drug-likeness (QED) is 0.408. The molecule has 5 rings (SSSR count). The second-order valence-corrected chi connectivity index (χ2v) is 14.5. The number of halogens is 1. The molecule has 1 spiro atoms. The number of nitrogens with one attached hydrogen (secondary N) is 1. The Hall–Kier alpha value is -2.08. The summed E-state index contributed by atoms with van der Waals surface area (Å²) in [5, 5.41) is 4.07. The Kier molecular flexibility index (Phi) is 8.33. The normalized spacial score (nSPS) is 23.1. The smallest absolute Gasteiger partial charge is 0.243 e. The van der Waals surface area contributed by atoms with E-state index in [2.05, 4.69) is 29.0 Å². The molecule has 1 aromatic heterocycles. The third-order valence-electron chi connectivity index (χ3n) is 7.39. The number of sulfonamides is 1. The SMILES string of the molecule is Cc1ccc(S(=O)(=O)N2CC3(CCCN(CC(=O)Nc4nc5ccc(Cl)cc5s4)C3)OC[C@@H]2CC(C)C)cc1. The van der Waals surface area contributed by atoms with Gasteiger partial charge < -0.3 is 10.1 Å². The van der Waals surface area contributed by atoms with Gasteiger partial charge in [-0.25, -0.2) is 13.4 Å². The number of likely N-dealkylation sites (tertiary alicyclic amines) is 1. The van der Waals surface area contributed by atoms with Gasteiger partial charge in [-0.05, 0) is 69.0 Å². The van der Waals surface area contributed by atoms with Gasteiger partial charge in [0.25, 0.3) is 0 Å². The van der Waals surface area contributed by atoms with Gasteiger partial charge in [-0.1, -0.05) is 54.5 Å². The second-order valence-electron chi connectivity index (χ2n) is 11.1. The predicted octanol–water partition coefficient (Wildman–Crippen LogP) is 5.17. The van der Waals surface area contributed by atoms with Crippen molar-refractivity contribution >= 4 is 54.2 Å². The van der Waals surface area contributed by atoms with Gasteiger partial charge in [0.05, 0.1) is 33.9 Å². The number of amides is 1. The van der Waals surface area contributed by atoms with E-state index in [1.54, 1.807) is 22.5 Å². The van der Waals surface area contributed by atoms with Gasteiger partial charge >= 0.3 is 0 Å². The van der Waals surface area contributed by atoms with Crippen molar-refractivity contribution < 1.29 is 17.9 Å². The largest absolute Gasteiger partial charge is 0.371 e. The first-order valence-corrected chi connectivity index (χ1v) is 16.0. The van der Waals surface area contributed by atoms with Gasteiger partial charge in [-0.3, -0.25) is 9.69 Å². The van der Waals surface area contributed by atoms with Crippen molar-refractivity contribution in [2.24, 2.45) is 5.92 Å². The van der Waals surface area contributed by atoms with Crippen molar-refractivity contribution in [1.29, 1.82) is 0 Å². The molecule has 2 aliphatic rings. The molecule has 0 bridgehead atoms. The lowest BCUT2D eigenvalue weighted by molar-refractivity contribution is -0.146. The number of carbonyl (C=O) groups is 1. The minimum Gasteiger partial charge on any atom is -0.371 e. The van der Waals surface area contributed by atoms with Crippen LogP contribution >= 0.6 is 22.9 Å². The molecule has 2 saturated heterocycles. The Labute approximate surface area is 239 Å². The van der Waals surface area contributed by atoms with Crippen LogP contribution in [0.4, 0.5) is 5.13 Å². The van der Waals surface area contributed by atoms with Crippen LogP contribution in [0.3, 0.4) is 0 Å². The van der Waals surface area contributed by atoms with Gasteiger partial charge in [0.2, 0.25) is 15.9 Å². The number of aromatic nitrogens is 1. The van der Waals surface area contributed by atoms with E-state index < -0.39 is 15.6 Å². The molecular formula is C28H35ClN4O4S2. The third-order valence-corrected chi connectivity index (χ3v) is 10.5. The van der Waals surface area contributed by atoms with Gasteiger partial charge in [0, 0.05) is 24.2 Å². The first-order valence-electron chi connectivity index (χ1n) is 13.3. The molecule has 11 heteroatoms. The summed E-state index contributed by atoms with van der Waals surface area (Å²) in [6.07, 6.45) is 2.29. The number of piperidine rings is 1. The number of ether oxygens (including phenoxy) is 1. The van der Waals surface area contributed by atoms with Crippen LogP contribution in [0.2, 0.25) is 5.02 Å². The van der Waals surface area contributed by atoms with Crippen LogP contribution in [0.15, 0.2) is 47.4 Å². The number of fused-ring (bicyclic) bond motifs is 1. The number of anilines is 1. The summed E-state index contributed by atoms with van der Waals surface area (Å²) in [5.41, 5.74) is 1.15. The first-order chi connectivity index (χ1) is 18.5. The zero-order valence-electron chi connectivity index (χ0n) is 22.5. The molecule has 1 amide bonds. The molecule has 0 radical (unpaired) electrons. The topological polar surface area (TPSA) is 91.8 Å². The van der Waals surface area contributed by atoms with Gasteiger partial charge in [0.1, 0.15) is 0 Å². The molecule has 39 heavy (non-hydrogen) atoms. The summed E-state index contributed by atoms with van der Waals surface area (Å²) in [6.45, 7) is 8.18. The van der Waals surface area contributed by atoms with Crippen molar-refractivity contribution in [3.8, 4) is 0 Å². The molecule has 3 aromatic rings. The van der Waals surface area contributed by atoms with Crippen LogP contribution in [0.25, 0.3) is 10.2 Å². The fraction of sp³-hybridized carbons (Fsp3) is 0.500. The van der Waals surface area contributed by atoms with Crippen LogP contribution in [0.5, 0.6) is 0 Å². The van der Waals surface area contributed by atoms with Crippen LogP contribution in [-0.4, -0.2) is 72.9 Å². The molecule has 1 N–H and O–H groups in total. The van der Waals surface area contributed by atoms with Crippen molar-refractivity contribution in [2.45, 2.75) is 56.6 Å². The summed E-state index contributed by atoms with van der Waals surface area (Å²) in [6, 6.07) is 12.3. The molecular weight excluding hydrogens is 556 g/mol. The van der Waals surface area contributed by atoms with Gasteiger partial charge in [0.15, 0.2) is 5.13 Å². The van der Waals surface area contributed by atoms with E-state index in [0.717, 1.165) is 41.6 Å². The number of aryl methyl sites for hydroxylation is 1. The second kappa shape index (κ2) is 11.4. The average Bonchev–Trinajstić information content (AvgIpc) is 3.26. The number of benzene rings is 2. The summed E-state index contributed by atoms with van der Waals surface area (Å²) in [7, 11) is -3.71. The van der Waals surface area contributed by atoms with Gasteiger partial charge in [-0.15, -0.1) is 0 Å². The van der Waals surface area contributed by atoms with E-state index >= 15 is 0 Å². The fourth-order valence-corrected chi connectivity index (χ4v) is 8.41. The lowest BCUT2D eigenvalue weighted by Gasteiger charge is -2.50. The Morgan fingerprint density at radius 1 is 1.23 bits per heavy atom. The molecule has 2 aromatic carbocycles. The number of nitrogens with zero attached hydrogens (tertiary/aromatic N) is 3. The molecule has 2 fully saturated rings. The van der Waals surface area contributed by atoms with E-state index in [4.69, 9.17) is 16.3 Å². The van der Waals surface area contributed by atoms with E-state index in [-0.39, 0.29) is 25.0 Å². The van der Waals surface area contributed by atoms with Crippen molar-refractivity contribution in [2.75, 3.05) is 38.1 Å². The molecule has 0 saturated carbocycles. The summed E-state index contributed by atoms with van der Waals surface area (Å²) in [5.74, 6) is 0.170. The number of morpholine rings is 1. The number of carbonyl (C=O) groups excluding carboxylic acids is 1. The lowest BCUT2D eigenvalue weighted by Crippen LogP contribution is -2.64. The van der Waals surface area contributed by atoms with Crippen molar-refractivity contribution in [1.82, 2.24) is 14.2 Å². The van der Waals surface area contributed by atoms with E-state index in [0.29, 0.717) is 34.1 Å². The lowest BCUT2D eigenvalue weighted by atomic mass is 9.89. The Morgan fingerprint density at radius 2 is 2.00 bits per heavy atom. The maximum absolute atomic E-state index is 13.9. The number of thiazole rings is 1. The standard InChI is InChI=1S/C28H35ClN4O4S2/c1-19(2)13-22-16-37-28(18-33(22)39(35,36)23-8-5-20(3)6-9-23)11-4-12-32(17-28)15-26(34)31-27-30-24-10-7-21(29)14-25(24)38-27/h5-10,14,19,22H,4,11-13,15-18H2,1-3H3,(H,30,31,34)/t22-,28?/m0/s1. The number of rotatable bonds is 7. The van der Waals surface area contributed by atoms with E-state index in [1.165, 1.54) is 11.3 Å². The maximum Gasteiger partial charge on any atom is 0.243 e. The molecule has 210 valence electrons. The average molecular weight is 591 g/mol. The Morgan fingerprint density at radius 3 is 2.74 bits per heavy atom. The third kappa shape index (κ3) is 6.47. The highest BCUT2D eigenvalue weighted by molar-refractivity contribution is 7.89. The molecule has 2 aliphatic heterocycles. The molecule has 0 aliphatic carbocycles. The molecule has 8 nitrogen and oxygen atoms in total.